The fourth-order valence-electron chi connectivity index (χ4n) is 4.49. The van der Waals surface area contributed by atoms with Crippen molar-refractivity contribution in [3.8, 4) is 11.1 Å². The van der Waals surface area contributed by atoms with E-state index in [4.69, 9.17) is 26.5 Å². The van der Waals surface area contributed by atoms with Gasteiger partial charge in [-0.1, -0.05) is 23.7 Å². The van der Waals surface area contributed by atoms with E-state index in [1.54, 1.807) is 24.4 Å². The summed E-state index contributed by atoms with van der Waals surface area (Å²) in [5.41, 5.74) is 9.50. The smallest absolute Gasteiger partial charge is 0.254 e. The highest BCUT2D eigenvalue weighted by molar-refractivity contribution is 6.35. The number of allylic oxidation sites excluding steroid dienone is 1. The van der Waals surface area contributed by atoms with Crippen molar-refractivity contribution in [3.63, 3.8) is 0 Å². The van der Waals surface area contributed by atoms with Gasteiger partial charge in [-0.25, -0.2) is 4.98 Å². The normalized spacial score (nSPS) is 15.8. The molecular formula is C30H28ClN3O4. The topological polar surface area (TPSA) is 98.7 Å². The maximum absolute atomic E-state index is 12.9. The zero-order chi connectivity index (χ0) is 26.6. The van der Waals surface area contributed by atoms with E-state index in [1.807, 2.05) is 54.3 Å². The molecule has 0 saturated carbocycles. The number of aryl methyl sites for hydroxylation is 1. The predicted octanol–water partition coefficient (Wildman–Crippen LogP) is 5.81. The van der Waals surface area contributed by atoms with Gasteiger partial charge >= 0.3 is 0 Å². The number of nitrogens with two attached hydrogens (primary N) is 1. The van der Waals surface area contributed by atoms with Crippen LogP contribution in [0.25, 0.3) is 28.2 Å². The van der Waals surface area contributed by atoms with E-state index in [0.29, 0.717) is 60.3 Å². The second-order valence-corrected chi connectivity index (χ2v) is 9.81. The van der Waals surface area contributed by atoms with Crippen LogP contribution < -0.4 is 5.73 Å². The number of amides is 1. The van der Waals surface area contributed by atoms with E-state index < -0.39 is 0 Å². The van der Waals surface area contributed by atoms with Crippen molar-refractivity contribution in [2.75, 3.05) is 25.5 Å². The SMILES string of the molecule is C[C@@H]1COCCN1C(=O)c1ccc(-c2cc(Cl)c3oc(CCC(=O)/C=C/c4ccc(N)nc4)cc3c2)cc1. The molecule has 0 bridgehead atoms. The number of morpholine rings is 1. The zero-order valence-corrected chi connectivity index (χ0v) is 21.8. The van der Waals surface area contributed by atoms with Gasteiger partial charge in [0.2, 0.25) is 0 Å². The van der Waals surface area contributed by atoms with Gasteiger partial charge in [0.05, 0.1) is 24.3 Å². The number of benzene rings is 2. The Morgan fingerprint density at radius 2 is 1.95 bits per heavy atom. The quantitative estimate of drug-likeness (QED) is 0.303. The molecule has 0 aliphatic carbocycles. The number of hydrogen-bond acceptors (Lipinski definition) is 6. The van der Waals surface area contributed by atoms with Gasteiger partial charge in [0.1, 0.15) is 11.6 Å². The molecule has 0 radical (unpaired) electrons. The van der Waals surface area contributed by atoms with Gasteiger partial charge in [-0.05, 0) is 78.2 Å². The molecule has 0 spiro atoms. The number of ether oxygens (including phenoxy) is 1. The van der Waals surface area contributed by atoms with Gasteiger partial charge in [0, 0.05) is 36.5 Å². The Morgan fingerprint density at radius 3 is 2.68 bits per heavy atom. The molecule has 1 atom stereocenters. The number of furan rings is 1. The number of carbonyl (C=O) groups is 2. The molecular weight excluding hydrogens is 502 g/mol. The summed E-state index contributed by atoms with van der Waals surface area (Å²) in [4.78, 5) is 31.1. The van der Waals surface area contributed by atoms with Gasteiger partial charge < -0.3 is 19.8 Å². The first-order chi connectivity index (χ1) is 18.4. The minimum atomic E-state index is -0.0184. The Morgan fingerprint density at radius 1 is 1.13 bits per heavy atom. The molecule has 4 aromatic rings. The molecule has 2 N–H and O–H groups in total. The van der Waals surface area contributed by atoms with Gasteiger partial charge in [0.25, 0.3) is 5.91 Å². The average Bonchev–Trinajstić information content (AvgIpc) is 3.35. The molecule has 2 aromatic heterocycles. The highest BCUT2D eigenvalue weighted by Gasteiger charge is 2.24. The first-order valence-electron chi connectivity index (χ1n) is 12.5. The number of fused-ring (bicyclic) bond motifs is 1. The molecule has 0 unspecified atom stereocenters. The van der Waals surface area contributed by atoms with Gasteiger partial charge in [-0.15, -0.1) is 0 Å². The number of aromatic nitrogens is 1. The van der Waals surface area contributed by atoms with Crippen molar-refractivity contribution < 1.29 is 18.7 Å². The Kier molecular flexibility index (Phi) is 7.58. The van der Waals surface area contributed by atoms with Gasteiger partial charge in [0.15, 0.2) is 11.4 Å². The minimum Gasteiger partial charge on any atom is -0.459 e. The molecule has 1 fully saturated rings. The Hall–Kier alpha value is -3.94. The number of pyridine rings is 1. The van der Waals surface area contributed by atoms with Crippen molar-refractivity contribution in [1.29, 1.82) is 0 Å². The number of halogens is 1. The molecule has 194 valence electrons. The molecule has 7 nitrogen and oxygen atoms in total. The summed E-state index contributed by atoms with van der Waals surface area (Å²) >= 11 is 6.56. The fourth-order valence-corrected chi connectivity index (χ4v) is 4.75. The number of ketones is 1. The molecule has 8 heteroatoms. The van der Waals surface area contributed by atoms with Crippen LogP contribution in [-0.2, 0) is 16.0 Å². The number of rotatable bonds is 7. The number of anilines is 1. The van der Waals surface area contributed by atoms with E-state index in [2.05, 4.69) is 4.98 Å². The van der Waals surface area contributed by atoms with Crippen LogP contribution in [0, 0.1) is 0 Å². The number of nitrogen functional groups attached to an aromatic ring is 1. The summed E-state index contributed by atoms with van der Waals surface area (Å²) in [5.74, 6) is 1.12. The number of carbonyl (C=O) groups excluding carboxylic acids is 2. The van der Waals surface area contributed by atoms with E-state index in [9.17, 15) is 9.59 Å². The summed E-state index contributed by atoms with van der Waals surface area (Å²) < 4.78 is 11.4. The summed E-state index contributed by atoms with van der Waals surface area (Å²) in [5, 5.41) is 1.36. The van der Waals surface area contributed by atoms with Crippen LogP contribution in [0.3, 0.4) is 0 Å². The van der Waals surface area contributed by atoms with Crippen LogP contribution >= 0.6 is 11.6 Å². The van der Waals surface area contributed by atoms with Crippen LogP contribution in [0.1, 0.15) is 35.0 Å². The summed E-state index contributed by atoms with van der Waals surface area (Å²) in [6, 6.07) is 16.9. The van der Waals surface area contributed by atoms with Crippen LogP contribution in [0.5, 0.6) is 0 Å². The second-order valence-electron chi connectivity index (χ2n) is 9.41. The van der Waals surface area contributed by atoms with Crippen LogP contribution in [-0.4, -0.2) is 47.4 Å². The maximum Gasteiger partial charge on any atom is 0.254 e. The van der Waals surface area contributed by atoms with Gasteiger partial charge in [-0.2, -0.15) is 0 Å². The first-order valence-corrected chi connectivity index (χ1v) is 12.9. The molecule has 1 aliphatic rings. The third-order valence-electron chi connectivity index (χ3n) is 6.60. The summed E-state index contributed by atoms with van der Waals surface area (Å²) in [6.45, 7) is 3.71. The fraction of sp³-hybridized carbons (Fsp3) is 0.233. The third kappa shape index (κ3) is 5.79. The van der Waals surface area contributed by atoms with Crippen LogP contribution in [0.2, 0.25) is 5.02 Å². The number of nitrogens with zero attached hydrogens (tertiary/aromatic N) is 2. The van der Waals surface area contributed by atoms with Crippen molar-refractivity contribution in [1.82, 2.24) is 9.88 Å². The molecule has 1 amide bonds. The lowest BCUT2D eigenvalue weighted by molar-refractivity contribution is -0.114. The van der Waals surface area contributed by atoms with E-state index in [1.165, 1.54) is 6.08 Å². The summed E-state index contributed by atoms with van der Waals surface area (Å²) in [6.07, 6.45) is 5.64. The average molecular weight is 530 g/mol. The lowest BCUT2D eigenvalue weighted by atomic mass is 10.0. The van der Waals surface area contributed by atoms with Crippen molar-refractivity contribution >= 4 is 46.2 Å². The highest BCUT2D eigenvalue weighted by atomic mass is 35.5. The Balaban J connectivity index is 1.26. The molecule has 5 rings (SSSR count). The number of hydrogen-bond donors (Lipinski definition) is 1. The molecule has 3 heterocycles. The van der Waals surface area contributed by atoms with Gasteiger partial charge in [-0.3, -0.25) is 9.59 Å². The zero-order valence-electron chi connectivity index (χ0n) is 21.0. The molecule has 38 heavy (non-hydrogen) atoms. The third-order valence-corrected chi connectivity index (χ3v) is 6.89. The van der Waals surface area contributed by atoms with Crippen LogP contribution in [0.4, 0.5) is 5.82 Å². The second kappa shape index (κ2) is 11.2. The summed E-state index contributed by atoms with van der Waals surface area (Å²) in [7, 11) is 0. The lowest BCUT2D eigenvalue weighted by Crippen LogP contribution is -2.47. The first kappa shape index (κ1) is 25.7. The Labute approximate surface area is 225 Å². The van der Waals surface area contributed by atoms with E-state index >= 15 is 0 Å². The Bertz CT molecular complexity index is 1490. The van der Waals surface area contributed by atoms with E-state index in [-0.39, 0.29) is 17.7 Å². The van der Waals surface area contributed by atoms with E-state index in [0.717, 1.165) is 22.1 Å². The largest absolute Gasteiger partial charge is 0.459 e. The molecule has 2 aromatic carbocycles. The van der Waals surface area contributed by atoms with Crippen molar-refractivity contribution in [2.24, 2.45) is 0 Å². The molecule has 1 saturated heterocycles. The highest BCUT2D eigenvalue weighted by Crippen LogP contribution is 2.33. The van der Waals surface area contributed by atoms with Crippen molar-refractivity contribution in [3.05, 3.63) is 88.8 Å². The monoisotopic (exact) mass is 529 g/mol. The maximum atomic E-state index is 12.9. The predicted molar refractivity (Wildman–Crippen MR) is 149 cm³/mol. The van der Waals surface area contributed by atoms with Crippen LogP contribution in [0.15, 0.2) is 71.3 Å². The standard InChI is InChI=1S/C30H28ClN3O4/c1-19-18-37-13-12-34(19)30(36)22-6-4-21(5-7-22)23-14-24-15-26(38-29(24)27(31)16-23)10-9-25(35)8-2-20-3-11-28(32)33-17-20/h2-8,11,14-17,19H,9-10,12-13,18H2,1H3,(H2,32,33)/b8-2+/t19-/m1/s1. The molecule has 1 aliphatic heterocycles. The lowest BCUT2D eigenvalue weighted by Gasteiger charge is -2.33. The minimum absolute atomic E-state index is 0.00911. The van der Waals surface area contributed by atoms with Crippen molar-refractivity contribution in [2.45, 2.75) is 25.8 Å².